The number of hydrogen-bond donors (Lipinski definition) is 1. The number of hydrogen-bond acceptors (Lipinski definition) is 6. The molecule has 0 bridgehead atoms. The Bertz CT molecular complexity index is 1040. The minimum atomic E-state index is -0.520. The zero-order chi connectivity index (χ0) is 21.2. The van der Waals surface area contributed by atoms with Gasteiger partial charge in [-0.3, -0.25) is 4.79 Å². The maximum absolute atomic E-state index is 11.8. The average Bonchev–Trinajstić information content (AvgIpc) is 3.26. The summed E-state index contributed by atoms with van der Waals surface area (Å²) in [6, 6.07) is 17.6. The molecule has 0 aliphatic heterocycles. The van der Waals surface area contributed by atoms with Gasteiger partial charge in [0.05, 0.1) is 12.5 Å². The third-order valence-electron chi connectivity index (χ3n) is 3.79. The second-order valence-electron chi connectivity index (χ2n) is 6.24. The van der Waals surface area contributed by atoms with Gasteiger partial charge in [-0.2, -0.15) is 5.10 Å². The molecule has 1 amide bonds. The van der Waals surface area contributed by atoms with Crippen molar-refractivity contribution in [1.29, 1.82) is 0 Å². The van der Waals surface area contributed by atoms with Crippen molar-refractivity contribution in [2.75, 3.05) is 6.61 Å². The minimum Gasteiger partial charge on any atom is -0.484 e. The number of esters is 1. The number of ether oxygens (including phenoxy) is 2. The van der Waals surface area contributed by atoms with Crippen LogP contribution in [0.3, 0.4) is 0 Å². The summed E-state index contributed by atoms with van der Waals surface area (Å²) in [6.07, 6.45) is 5.80. The van der Waals surface area contributed by atoms with Gasteiger partial charge in [0, 0.05) is 6.08 Å². The second kappa shape index (κ2) is 10.4. The zero-order valence-corrected chi connectivity index (χ0v) is 16.3. The Labute approximate surface area is 173 Å². The standard InChI is InChI=1S/C23H20N2O5/c1-17-4-2-5-21(14-17)29-16-22(26)25-24-15-18-7-9-20(10-8-18)30-23(27)12-11-19-6-3-13-28-19/h2-15H,16H2,1H3,(H,25,26)/b12-11+,24-15-. The van der Waals surface area contributed by atoms with E-state index in [9.17, 15) is 9.59 Å². The number of benzene rings is 2. The highest BCUT2D eigenvalue weighted by Gasteiger charge is 2.03. The lowest BCUT2D eigenvalue weighted by Gasteiger charge is -2.05. The Morgan fingerprint density at radius 3 is 2.63 bits per heavy atom. The molecule has 3 rings (SSSR count). The fraction of sp³-hybridized carbons (Fsp3) is 0.0870. The van der Waals surface area contributed by atoms with Crippen LogP contribution in [0, 0.1) is 6.92 Å². The largest absolute Gasteiger partial charge is 0.484 e. The minimum absolute atomic E-state index is 0.138. The summed E-state index contributed by atoms with van der Waals surface area (Å²) in [5, 5.41) is 3.89. The van der Waals surface area contributed by atoms with Crippen LogP contribution in [-0.4, -0.2) is 24.7 Å². The van der Waals surface area contributed by atoms with Gasteiger partial charge in [0.25, 0.3) is 5.91 Å². The molecular weight excluding hydrogens is 384 g/mol. The molecular formula is C23H20N2O5. The Morgan fingerprint density at radius 1 is 1.07 bits per heavy atom. The Hall–Kier alpha value is -4.13. The smallest absolute Gasteiger partial charge is 0.336 e. The molecule has 7 heteroatoms. The van der Waals surface area contributed by atoms with Crippen LogP contribution in [0.5, 0.6) is 11.5 Å². The van der Waals surface area contributed by atoms with E-state index in [1.54, 1.807) is 42.5 Å². The maximum atomic E-state index is 11.8. The molecule has 1 N–H and O–H groups in total. The summed E-state index contributed by atoms with van der Waals surface area (Å²) in [7, 11) is 0. The van der Waals surface area contributed by atoms with Gasteiger partial charge in [0.2, 0.25) is 0 Å². The number of carbonyl (C=O) groups excluding carboxylic acids is 2. The third-order valence-corrected chi connectivity index (χ3v) is 3.79. The highest BCUT2D eigenvalue weighted by atomic mass is 16.5. The highest BCUT2D eigenvalue weighted by molar-refractivity contribution is 5.88. The van der Waals surface area contributed by atoms with E-state index in [1.807, 2.05) is 25.1 Å². The summed E-state index contributed by atoms with van der Waals surface area (Å²) in [5.41, 5.74) is 4.17. The molecule has 30 heavy (non-hydrogen) atoms. The lowest BCUT2D eigenvalue weighted by Crippen LogP contribution is -2.24. The Kier molecular flexibility index (Phi) is 7.16. The number of rotatable bonds is 8. The van der Waals surface area contributed by atoms with Gasteiger partial charge in [-0.25, -0.2) is 10.2 Å². The monoisotopic (exact) mass is 404 g/mol. The van der Waals surface area contributed by atoms with Gasteiger partial charge >= 0.3 is 5.97 Å². The number of nitrogens with zero attached hydrogens (tertiary/aromatic N) is 1. The molecule has 3 aromatic rings. The lowest BCUT2D eigenvalue weighted by atomic mass is 10.2. The first kappa shape index (κ1) is 20.6. The topological polar surface area (TPSA) is 90.1 Å². The van der Waals surface area contributed by atoms with Crippen molar-refractivity contribution < 1.29 is 23.5 Å². The lowest BCUT2D eigenvalue weighted by molar-refractivity contribution is -0.129. The van der Waals surface area contributed by atoms with Crippen LogP contribution in [0.1, 0.15) is 16.9 Å². The summed E-state index contributed by atoms with van der Waals surface area (Å²) in [4.78, 5) is 23.6. The normalized spacial score (nSPS) is 11.0. The van der Waals surface area contributed by atoms with Crippen LogP contribution in [0.4, 0.5) is 0 Å². The van der Waals surface area contributed by atoms with E-state index in [0.717, 1.165) is 11.1 Å². The molecule has 0 fully saturated rings. The molecule has 0 saturated heterocycles. The van der Waals surface area contributed by atoms with Gasteiger partial charge in [-0.05, 0) is 72.7 Å². The van der Waals surface area contributed by atoms with E-state index in [1.165, 1.54) is 24.6 Å². The van der Waals surface area contributed by atoms with Crippen molar-refractivity contribution in [3.05, 3.63) is 89.9 Å². The van der Waals surface area contributed by atoms with Crippen LogP contribution in [0.25, 0.3) is 6.08 Å². The van der Waals surface area contributed by atoms with Crippen LogP contribution in [0.2, 0.25) is 0 Å². The van der Waals surface area contributed by atoms with Gasteiger partial charge in [0.1, 0.15) is 17.3 Å². The molecule has 2 aromatic carbocycles. The van der Waals surface area contributed by atoms with E-state index in [-0.39, 0.29) is 12.5 Å². The van der Waals surface area contributed by atoms with Crippen molar-refractivity contribution in [2.24, 2.45) is 5.10 Å². The zero-order valence-electron chi connectivity index (χ0n) is 16.3. The molecule has 7 nitrogen and oxygen atoms in total. The number of nitrogens with one attached hydrogen (secondary N) is 1. The van der Waals surface area contributed by atoms with Crippen LogP contribution in [0.15, 0.2) is 82.5 Å². The number of hydrazone groups is 1. The van der Waals surface area contributed by atoms with Crippen LogP contribution in [-0.2, 0) is 9.59 Å². The summed E-state index contributed by atoms with van der Waals surface area (Å²) < 4.78 is 15.7. The second-order valence-corrected chi connectivity index (χ2v) is 6.24. The molecule has 1 aromatic heterocycles. The van der Waals surface area contributed by atoms with Crippen molar-refractivity contribution in [3.8, 4) is 11.5 Å². The van der Waals surface area contributed by atoms with Crippen molar-refractivity contribution in [3.63, 3.8) is 0 Å². The maximum Gasteiger partial charge on any atom is 0.336 e. The predicted molar refractivity (Wildman–Crippen MR) is 112 cm³/mol. The molecule has 1 heterocycles. The molecule has 0 atom stereocenters. The average molecular weight is 404 g/mol. The molecule has 152 valence electrons. The number of furan rings is 1. The van der Waals surface area contributed by atoms with Gasteiger partial charge in [0.15, 0.2) is 6.61 Å². The molecule has 0 spiro atoms. The first-order chi connectivity index (χ1) is 14.6. The quantitative estimate of drug-likeness (QED) is 0.203. The van der Waals surface area contributed by atoms with Crippen molar-refractivity contribution >= 4 is 24.2 Å². The first-order valence-electron chi connectivity index (χ1n) is 9.13. The van der Waals surface area contributed by atoms with E-state index in [2.05, 4.69) is 10.5 Å². The molecule has 0 unspecified atom stereocenters. The van der Waals surface area contributed by atoms with E-state index < -0.39 is 5.97 Å². The molecule has 0 aliphatic carbocycles. The fourth-order valence-corrected chi connectivity index (χ4v) is 2.37. The number of amides is 1. The molecule has 0 radical (unpaired) electrons. The third kappa shape index (κ3) is 6.79. The van der Waals surface area contributed by atoms with Crippen LogP contribution < -0.4 is 14.9 Å². The van der Waals surface area contributed by atoms with E-state index in [0.29, 0.717) is 17.3 Å². The summed E-state index contributed by atoms with van der Waals surface area (Å²) in [5.74, 6) is 0.676. The number of aryl methyl sites for hydroxylation is 1. The number of carbonyl (C=O) groups is 2. The van der Waals surface area contributed by atoms with Crippen molar-refractivity contribution in [2.45, 2.75) is 6.92 Å². The predicted octanol–water partition coefficient (Wildman–Crippen LogP) is 3.74. The Morgan fingerprint density at radius 2 is 1.90 bits per heavy atom. The van der Waals surface area contributed by atoms with Gasteiger partial charge in [-0.1, -0.05) is 12.1 Å². The van der Waals surface area contributed by atoms with Crippen LogP contribution >= 0.6 is 0 Å². The van der Waals surface area contributed by atoms with E-state index in [4.69, 9.17) is 13.9 Å². The molecule has 0 aliphatic rings. The SMILES string of the molecule is Cc1cccc(OCC(=O)N/N=C\c2ccc(OC(=O)/C=C/c3ccco3)cc2)c1. The Balaban J connectivity index is 1.42. The van der Waals surface area contributed by atoms with Gasteiger partial charge < -0.3 is 13.9 Å². The molecule has 0 saturated carbocycles. The van der Waals surface area contributed by atoms with E-state index >= 15 is 0 Å². The summed E-state index contributed by atoms with van der Waals surface area (Å²) in [6.45, 7) is 1.81. The first-order valence-corrected chi connectivity index (χ1v) is 9.13. The summed E-state index contributed by atoms with van der Waals surface area (Å²) >= 11 is 0. The van der Waals surface area contributed by atoms with Crippen molar-refractivity contribution in [1.82, 2.24) is 5.43 Å². The van der Waals surface area contributed by atoms with Gasteiger partial charge in [-0.15, -0.1) is 0 Å². The highest BCUT2D eigenvalue weighted by Crippen LogP contribution is 2.13. The fourth-order valence-electron chi connectivity index (χ4n) is 2.37.